The van der Waals surface area contributed by atoms with Crippen LogP contribution in [0, 0.1) is 0 Å². The van der Waals surface area contributed by atoms with Crippen LogP contribution in [-0.2, 0) is 4.79 Å². The van der Waals surface area contributed by atoms with E-state index in [9.17, 15) is 15.0 Å². The molecule has 5 heteroatoms. The fourth-order valence-electron chi connectivity index (χ4n) is 1.38. The van der Waals surface area contributed by atoms with Crippen molar-refractivity contribution in [2.75, 3.05) is 0 Å². The fraction of sp³-hybridized carbons (Fsp3) is 0.200. The number of aliphatic hydroxyl groups excluding tert-OH is 1. The molecule has 0 bridgehead atoms. The molecule has 5 nitrogen and oxygen atoms in total. The first kappa shape index (κ1) is 9.67. The number of benzene rings is 1. The van der Waals surface area contributed by atoms with Gasteiger partial charge in [0.1, 0.15) is 11.9 Å². The number of carbonyl (C=O) groups excluding carboxylic acids is 1. The van der Waals surface area contributed by atoms with Gasteiger partial charge < -0.3 is 20.0 Å². The Balaban J connectivity index is 2.32. The van der Waals surface area contributed by atoms with Gasteiger partial charge in [-0.15, -0.1) is 0 Å². The van der Waals surface area contributed by atoms with Gasteiger partial charge in [-0.1, -0.05) is 12.1 Å². The number of aromatic nitrogens is 2. The lowest BCUT2D eigenvalue weighted by Crippen LogP contribution is -2.24. The van der Waals surface area contributed by atoms with Gasteiger partial charge >= 0.3 is 0 Å². The van der Waals surface area contributed by atoms with Crippen LogP contribution in [0.4, 0.5) is 0 Å². The molecule has 0 spiro atoms. The van der Waals surface area contributed by atoms with Gasteiger partial charge in [-0.2, -0.15) is 0 Å². The van der Waals surface area contributed by atoms with E-state index in [-0.39, 0.29) is 5.82 Å². The largest absolute Gasteiger partial charge is 0.550 e. The Labute approximate surface area is 85.4 Å². The minimum absolute atomic E-state index is 0.250. The smallest absolute Gasteiger partial charge is 0.136 e. The van der Waals surface area contributed by atoms with E-state index in [4.69, 9.17) is 0 Å². The highest BCUT2D eigenvalue weighted by Gasteiger charge is 2.12. The summed E-state index contributed by atoms with van der Waals surface area (Å²) in [6.45, 7) is 0. The molecule has 0 amide bonds. The van der Waals surface area contributed by atoms with Crippen molar-refractivity contribution in [2.45, 2.75) is 12.5 Å². The zero-order chi connectivity index (χ0) is 10.8. The maximum Gasteiger partial charge on any atom is 0.136 e. The minimum atomic E-state index is -1.30. The van der Waals surface area contributed by atoms with Gasteiger partial charge in [-0.25, -0.2) is 4.98 Å². The quantitative estimate of drug-likeness (QED) is 0.722. The number of carboxylic acid groups (broad SMARTS) is 1. The van der Waals surface area contributed by atoms with E-state index >= 15 is 0 Å². The first-order valence-corrected chi connectivity index (χ1v) is 4.49. The molecule has 0 saturated carbocycles. The minimum Gasteiger partial charge on any atom is -0.550 e. The molecule has 1 aromatic carbocycles. The van der Waals surface area contributed by atoms with Gasteiger partial charge in [0.25, 0.3) is 0 Å². The van der Waals surface area contributed by atoms with Crippen molar-refractivity contribution in [1.82, 2.24) is 9.97 Å². The van der Waals surface area contributed by atoms with E-state index in [1.807, 2.05) is 12.1 Å². The Morgan fingerprint density at radius 3 is 2.93 bits per heavy atom. The number of para-hydroxylation sites is 2. The standard InChI is InChI=1S/C10H10N2O3/c13-8(5-9(14)15)10-11-6-3-1-2-4-7(6)12-10/h1-4,8,13H,5H2,(H,11,12)(H,14,15)/p-1. The van der Waals surface area contributed by atoms with E-state index in [0.717, 1.165) is 5.52 Å². The molecule has 0 aliphatic heterocycles. The van der Waals surface area contributed by atoms with E-state index in [0.29, 0.717) is 5.52 Å². The number of aliphatic hydroxyl groups is 1. The molecule has 2 rings (SSSR count). The summed E-state index contributed by atoms with van der Waals surface area (Å²) in [6, 6.07) is 7.23. The Morgan fingerprint density at radius 2 is 2.27 bits per heavy atom. The molecule has 0 aliphatic rings. The summed E-state index contributed by atoms with van der Waals surface area (Å²) in [4.78, 5) is 17.2. The van der Waals surface area contributed by atoms with Crippen molar-refractivity contribution in [1.29, 1.82) is 0 Å². The van der Waals surface area contributed by atoms with Crippen LogP contribution in [-0.4, -0.2) is 21.0 Å². The number of aromatic amines is 1. The predicted octanol–water partition coefficient (Wildman–Crippen LogP) is -0.264. The molecule has 0 aliphatic carbocycles. The molecule has 78 valence electrons. The molecule has 1 heterocycles. The Hall–Kier alpha value is -1.88. The lowest BCUT2D eigenvalue weighted by Gasteiger charge is -2.07. The van der Waals surface area contributed by atoms with Crippen molar-refractivity contribution >= 4 is 17.0 Å². The van der Waals surface area contributed by atoms with Crippen LogP contribution in [0.15, 0.2) is 24.3 Å². The number of aliphatic carboxylic acids is 1. The second-order valence-electron chi connectivity index (χ2n) is 3.23. The average Bonchev–Trinajstić information content (AvgIpc) is 2.59. The number of hydrogen-bond donors (Lipinski definition) is 2. The molecule has 1 unspecified atom stereocenters. The number of hydrogen-bond acceptors (Lipinski definition) is 4. The molecule has 1 aromatic heterocycles. The second-order valence-corrected chi connectivity index (χ2v) is 3.23. The Morgan fingerprint density at radius 1 is 1.53 bits per heavy atom. The number of imidazole rings is 1. The van der Waals surface area contributed by atoms with Gasteiger partial charge in [0.2, 0.25) is 0 Å². The normalized spacial score (nSPS) is 12.9. The maximum absolute atomic E-state index is 10.3. The molecule has 2 N–H and O–H groups in total. The lowest BCUT2D eigenvalue weighted by molar-refractivity contribution is -0.307. The van der Waals surface area contributed by atoms with E-state index in [1.165, 1.54) is 0 Å². The molecule has 0 radical (unpaired) electrons. The van der Waals surface area contributed by atoms with Gasteiger partial charge in [-0.05, 0) is 12.1 Å². The highest BCUT2D eigenvalue weighted by molar-refractivity contribution is 5.75. The molecule has 15 heavy (non-hydrogen) atoms. The van der Waals surface area contributed by atoms with Crippen molar-refractivity contribution in [3.63, 3.8) is 0 Å². The zero-order valence-corrected chi connectivity index (χ0v) is 7.80. The monoisotopic (exact) mass is 205 g/mol. The topological polar surface area (TPSA) is 89.0 Å². The number of nitrogens with zero attached hydrogens (tertiary/aromatic N) is 1. The zero-order valence-electron chi connectivity index (χ0n) is 7.80. The number of carbonyl (C=O) groups is 1. The van der Waals surface area contributed by atoms with Crippen LogP contribution >= 0.6 is 0 Å². The lowest BCUT2D eigenvalue weighted by atomic mass is 10.2. The maximum atomic E-state index is 10.3. The number of H-pyrrole nitrogens is 1. The third-order valence-electron chi connectivity index (χ3n) is 2.08. The van der Waals surface area contributed by atoms with E-state index in [2.05, 4.69) is 9.97 Å². The summed E-state index contributed by atoms with van der Waals surface area (Å²) in [5, 5.41) is 19.8. The number of nitrogens with one attached hydrogen (secondary N) is 1. The first-order chi connectivity index (χ1) is 7.16. The summed E-state index contributed by atoms with van der Waals surface area (Å²) in [5.41, 5.74) is 1.47. The summed E-state index contributed by atoms with van der Waals surface area (Å²) in [6.07, 6.45) is -1.61. The van der Waals surface area contributed by atoms with Gasteiger partial charge in [0, 0.05) is 12.4 Å². The first-order valence-electron chi connectivity index (χ1n) is 4.49. The third kappa shape index (κ3) is 1.97. The van der Waals surface area contributed by atoms with Crippen LogP contribution in [0.2, 0.25) is 0 Å². The molecular formula is C10H9N2O3-. The number of fused-ring (bicyclic) bond motifs is 1. The van der Waals surface area contributed by atoms with Crippen molar-refractivity contribution in [2.24, 2.45) is 0 Å². The summed E-state index contributed by atoms with van der Waals surface area (Å²) in [7, 11) is 0. The molecular weight excluding hydrogens is 196 g/mol. The fourth-order valence-corrected chi connectivity index (χ4v) is 1.38. The molecule has 0 saturated heterocycles. The Kier molecular flexibility index (Phi) is 2.39. The van der Waals surface area contributed by atoms with Crippen LogP contribution in [0.5, 0.6) is 0 Å². The summed E-state index contributed by atoms with van der Waals surface area (Å²) < 4.78 is 0. The van der Waals surface area contributed by atoms with Crippen molar-refractivity contribution in [3.05, 3.63) is 30.1 Å². The van der Waals surface area contributed by atoms with Gasteiger partial charge in [0.15, 0.2) is 0 Å². The van der Waals surface area contributed by atoms with Crippen molar-refractivity contribution in [3.8, 4) is 0 Å². The predicted molar refractivity (Wildman–Crippen MR) is 50.7 cm³/mol. The van der Waals surface area contributed by atoms with Crippen LogP contribution in [0.3, 0.4) is 0 Å². The molecule has 0 fully saturated rings. The van der Waals surface area contributed by atoms with E-state index < -0.39 is 18.5 Å². The highest BCUT2D eigenvalue weighted by atomic mass is 16.4. The van der Waals surface area contributed by atoms with Crippen LogP contribution in [0.1, 0.15) is 18.3 Å². The molecule has 2 aromatic rings. The van der Waals surface area contributed by atoms with E-state index in [1.54, 1.807) is 12.1 Å². The van der Waals surface area contributed by atoms with Crippen molar-refractivity contribution < 1.29 is 15.0 Å². The third-order valence-corrected chi connectivity index (χ3v) is 2.08. The van der Waals surface area contributed by atoms with Crippen LogP contribution < -0.4 is 5.11 Å². The number of rotatable bonds is 3. The van der Waals surface area contributed by atoms with Gasteiger partial charge in [-0.3, -0.25) is 0 Å². The second kappa shape index (κ2) is 3.70. The van der Waals surface area contributed by atoms with Crippen LogP contribution in [0.25, 0.3) is 11.0 Å². The number of carboxylic acids is 1. The summed E-state index contributed by atoms with van der Waals surface area (Å²) in [5.74, 6) is -1.05. The van der Waals surface area contributed by atoms with Gasteiger partial charge in [0.05, 0.1) is 11.0 Å². The summed E-state index contributed by atoms with van der Waals surface area (Å²) >= 11 is 0. The SMILES string of the molecule is O=C([O-])CC(O)c1nc2ccccc2[nH]1. The highest BCUT2D eigenvalue weighted by Crippen LogP contribution is 2.17. The molecule has 1 atom stereocenters. The average molecular weight is 205 g/mol. The Bertz CT molecular complexity index is 459.